The number of nitrogens with zero attached hydrogens (tertiary/aromatic N) is 4. The quantitative estimate of drug-likeness (QED) is 0.777. The monoisotopic (exact) mass is 435 g/mol. The number of sulfonamides is 1. The van der Waals surface area contributed by atoms with E-state index in [1.54, 1.807) is 36.7 Å². The zero-order valence-electron chi connectivity index (χ0n) is 16.2. The van der Waals surface area contributed by atoms with Crippen molar-refractivity contribution in [3.05, 3.63) is 47.7 Å². The number of anilines is 1. The zero-order chi connectivity index (χ0) is 20.3. The summed E-state index contributed by atoms with van der Waals surface area (Å²) in [6.45, 7) is 3.44. The lowest BCUT2D eigenvalue weighted by molar-refractivity contribution is 0.123. The first-order chi connectivity index (χ1) is 14.0. The van der Waals surface area contributed by atoms with Crippen LogP contribution in [0.2, 0.25) is 5.02 Å². The highest BCUT2D eigenvalue weighted by molar-refractivity contribution is 7.89. The molecule has 1 saturated heterocycles. The summed E-state index contributed by atoms with van der Waals surface area (Å²) >= 11 is 5.90. The van der Waals surface area contributed by atoms with Crippen molar-refractivity contribution in [3.8, 4) is 0 Å². The molecule has 1 aromatic carbocycles. The molecule has 1 aromatic heterocycles. The summed E-state index contributed by atoms with van der Waals surface area (Å²) in [5.41, 5.74) is 0. The van der Waals surface area contributed by atoms with E-state index in [0.29, 0.717) is 5.02 Å². The second-order valence-electron chi connectivity index (χ2n) is 7.61. The minimum absolute atomic E-state index is 0.0797. The van der Waals surface area contributed by atoms with E-state index in [9.17, 15) is 8.42 Å². The highest BCUT2D eigenvalue weighted by Crippen LogP contribution is 2.26. The molecule has 2 aromatic rings. The third kappa shape index (κ3) is 4.88. The highest BCUT2D eigenvalue weighted by atomic mass is 35.5. The molecule has 1 aliphatic heterocycles. The molecule has 29 heavy (non-hydrogen) atoms. The molecule has 2 heterocycles. The number of hydrogen-bond acceptors (Lipinski definition) is 6. The van der Waals surface area contributed by atoms with E-state index in [0.717, 1.165) is 57.8 Å². The summed E-state index contributed by atoms with van der Waals surface area (Å²) < 4.78 is 28.7. The van der Waals surface area contributed by atoms with Crippen LogP contribution in [0.15, 0.2) is 47.6 Å². The summed E-state index contributed by atoms with van der Waals surface area (Å²) in [6, 6.07) is 8.29. The standard InChI is InChI=1S/C20H26ClN5O2S/c21-16-6-8-17(9-7-16)29(27,28)24-18-4-1-2-5-19(18)25-12-14-26(15-13-25)20-22-10-3-11-23-20/h3,6-11,18-19,24H,1-2,4-5,12-15H2. The van der Waals surface area contributed by atoms with Crippen molar-refractivity contribution in [1.82, 2.24) is 19.6 Å². The normalized spacial score (nSPS) is 23.8. The van der Waals surface area contributed by atoms with Crippen LogP contribution in [0.25, 0.3) is 0 Å². The van der Waals surface area contributed by atoms with E-state index < -0.39 is 10.0 Å². The van der Waals surface area contributed by atoms with Gasteiger partial charge in [-0.3, -0.25) is 4.90 Å². The summed E-state index contributed by atoms with van der Waals surface area (Å²) in [5.74, 6) is 0.760. The van der Waals surface area contributed by atoms with Crippen LogP contribution in [-0.2, 0) is 10.0 Å². The Labute approximate surface area is 177 Å². The molecule has 4 rings (SSSR count). The SMILES string of the molecule is O=S(=O)(NC1CCCCC1N1CCN(c2ncccn2)CC1)c1ccc(Cl)cc1. The van der Waals surface area contributed by atoms with Crippen molar-refractivity contribution in [2.45, 2.75) is 42.7 Å². The van der Waals surface area contributed by atoms with Crippen molar-refractivity contribution in [2.75, 3.05) is 31.1 Å². The van der Waals surface area contributed by atoms with Gasteiger partial charge < -0.3 is 4.90 Å². The largest absolute Gasteiger partial charge is 0.338 e. The number of aromatic nitrogens is 2. The molecule has 0 spiro atoms. The lowest BCUT2D eigenvalue weighted by atomic mass is 9.89. The molecule has 156 valence electrons. The number of piperazine rings is 1. The molecule has 2 fully saturated rings. The maximum atomic E-state index is 12.9. The summed E-state index contributed by atoms with van der Waals surface area (Å²) in [4.78, 5) is 13.5. The molecule has 2 aliphatic rings. The van der Waals surface area contributed by atoms with Crippen LogP contribution in [0.3, 0.4) is 0 Å². The highest BCUT2D eigenvalue weighted by Gasteiger charge is 2.35. The molecule has 0 bridgehead atoms. The number of benzene rings is 1. The first kappa shape index (κ1) is 20.5. The van der Waals surface area contributed by atoms with Crippen LogP contribution in [0.4, 0.5) is 5.95 Å². The Morgan fingerprint density at radius 2 is 1.62 bits per heavy atom. The van der Waals surface area contributed by atoms with Gasteiger partial charge in [0.1, 0.15) is 0 Å². The van der Waals surface area contributed by atoms with Crippen molar-refractivity contribution in [2.24, 2.45) is 0 Å². The smallest absolute Gasteiger partial charge is 0.240 e. The average molecular weight is 436 g/mol. The molecule has 0 radical (unpaired) electrons. The molecular formula is C20H26ClN5O2S. The molecule has 1 N–H and O–H groups in total. The van der Waals surface area contributed by atoms with Gasteiger partial charge in [0.25, 0.3) is 0 Å². The van der Waals surface area contributed by atoms with Gasteiger partial charge in [-0.1, -0.05) is 24.4 Å². The predicted octanol–water partition coefficient (Wildman–Crippen LogP) is 2.54. The van der Waals surface area contributed by atoms with Gasteiger partial charge in [-0.05, 0) is 43.2 Å². The van der Waals surface area contributed by atoms with Crippen LogP contribution in [0.1, 0.15) is 25.7 Å². The summed E-state index contributed by atoms with van der Waals surface area (Å²) in [5, 5.41) is 0.528. The molecule has 2 unspecified atom stereocenters. The van der Waals surface area contributed by atoms with Gasteiger partial charge in [-0.2, -0.15) is 0 Å². The topological polar surface area (TPSA) is 78.4 Å². The number of rotatable bonds is 5. The summed E-state index contributed by atoms with van der Waals surface area (Å²) in [6.07, 6.45) is 7.57. The van der Waals surface area contributed by atoms with E-state index in [1.807, 2.05) is 6.07 Å². The van der Waals surface area contributed by atoms with Crippen molar-refractivity contribution in [3.63, 3.8) is 0 Å². The first-order valence-corrected chi connectivity index (χ1v) is 11.9. The van der Waals surface area contributed by atoms with Gasteiger partial charge in [0.15, 0.2) is 0 Å². The first-order valence-electron chi connectivity index (χ1n) is 10.1. The third-order valence-electron chi connectivity index (χ3n) is 5.78. The fourth-order valence-corrected chi connectivity index (χ4v) is 5.70. The van der Waals surface area contributed by atoms with Gasteiger partial charge in [-0.15, -0.1) is 0 Å². The van der Waals surface area contributed by atoms with Gasteiger partial charge in [0, 0.05) is 55.7 Å². The Morgan fingerprint density at radius 3 is 2.31 bits per heavy atom. The molecule has 1 aliphatic carbocycles. The lowest BCUT2D eigenvalue weighted by Gasteiger charge is -2.44. The molecule has 2 atom stereocenters. The fraction of sp³-hybridized carbons (Fsp3) is 0.500. The predicted molar refractivity (Wildman–Crippen MR) is 114 cm³/mol. The van der Waals surface area contributed by atoms with E-state index in [4.69, 9.17) is 11.6 Å². The maximum absolute atomic E-state index is 12.9. The van der Waals surface area contributed by atoms with Crippen LogP contribution >= 0.6 is 11.6 Å². The Balaban J connectivity index is 1.42. The Bertz CT molecular complexity index is 902. The fourth-order valence-electron chi connectivity index (χ4n) is 4.27. The Kier molecular flexibility index (Phi) is 6.34. The number of hydrogen-bond donors (Lipinski definition) is 1. The minimum atomic E-state index is -3.57. The summed E-state index contributed by atoms with van der Waals surface area (Å²) in [7, 11) is -3.57. The van der Waals surface area contributed by atoms with Crippen LogP contribution < -0.4 is 9.62 Å². The van der Waals surface area contributed by atoms with E-state index in [2.05, 4.69) is 24.5 Å². The number of nitrogens with one attached hydrogen (secondary N) is 1. The minimum Gasteiger partial charge on any atom is -0.338 e. The third-order valence-corrected chi connectivity index (χ3v) is 7.54. The molecule has 0 amide bonds. The molecule has 9 heteroatoms. The van der Waals surface area contributed by atoms with E-state index >= 15 is 0 Å². The van der Waals surface area contributed by atoms with Crippen molar-refractivity contribution < 1.29 is 8.42 Å². The van der Waals surface area contributed by atoms with Crippen LogP contribution in [0, 0.1) is 0 Å². The van der Waals surface area contributed by atoms with E-state index in [1.165, 1.54) is 0 Å². The molecule has 7 nitrogen and oxygen atoms in total. The second kappa shape index (κ2) is 8.95. The molecule has 1 saturated carbocycles. The Hall–Kier alpha value is -1.74. The van der Waals surface area contributed by atoms with E-state index in [-0.39, 0.29) is 17.0 Å². The number of halogens is 1. The van der Waals surface area contributed by atoms with Gasteiger partial charge in [0.2, 0.25) is 16.0 Å². The average Bonchev–Trinajstić information content (AvgIpc) is 2.75. The second-order valence-corrected chi connectivity index (χ2v) is 9.76. The Morgan fingerprint density at radius 1 is 0.966 bits per heavy atom. The van der Waals surface area contributed by atoms with Gasteiger partial charge >= 0.3 is 0 Å². The lowest BCUT2D eigenvalue weighted by Crippen LogP contribution is -2.58. The zero-order valence-corrected chi connectivity index (χ0v) is 17.8. The van der Waals surface area contributed by atoms with Gasteiger partial charge in [0.05, 0.1) is 4.90 Å². The van der Waals surface area contributed by atoms with Crippen molar-refractivity contribution in [1.29, 1.82) is 0 Å². The van der Waals surface area contributed by atoms with Crippen LogP contribution in [-0.4, -0.2) is 61.5 Å². The van der Waals surface area contributed by atoms with Gasteiger partial charge in [-0.25, -0.2) is 23.1 Å². The maximum Gasteiger partial charge on any atom is 0.240 e. The van der Waals surface area contributed by atoms with Crippen LogP contribution in [0.5, 0.6) is 0 Å². The molecular weight excluding hydrogens is 410 g/mol. The van der Waals surface area contributed by atoms with Crippen molar-refractivity contribution >= 4 is 27.6 Å².